The Hall–Kier alpha value is -2.21. The van der Waals surface area contributed by atoms with Crippen molar-refractivity contribution >= 4 is 28.9 Å². The third-order valence-corrected chi connectivity index (χ3v) is 4.18. The number of carboxylic acid groups (broad SMARTS) is 1. The van der Waals surface area contributed by atoms with Crippen molar-refractivity contribution in [3.05, 3.63) is 51.0 Å². The van der Waals surface area contributed by atoms with E-state index in [0.29, 0.717) is 4.88 Å². The highest BCUT2D eigenvalue weighted by Crippen LogP contribution is 2.24. The molecule has 4 nitrogen and oxygen atoms in total. The molecule has 0 atom stereocenters. The van der Waals surface area contributed by atoms with Crippen LogP contribution in [-0.4, -0.2) is 17.0 Å². The lowest BCUT2D eigenvalue weighted by Crippen LogP contribution is -2.13. The molecule has 1 aromatic carbocycles. The Morgan fingerprint density at radius 3 is 2.62 bits per heavy atom. The molecule has 1 heterocycles. The van der Waals surface area contributed by atoms with E-state index >= 15 is 0 Å². The number of amides is 1. The normalized spacial score (nSPS) is 10.4. The van der Waals surface area contributed by atoms with E-state index in [2.05, 4.69) is 5.32 Å². The van der Waals surface area contributed by atoms with Crippen LogP contribution in [0.5, 0.6) is 0 Å². The van der Waals surface area contributed by atoms with Crippen LogP contribution in [0.4, 0.5) is 10.1 Å². The lowest BCUT2D eigenvalue weighted by Gasteiger charge is -2.07. The van der Waals surface area contributed by atoms with Crippen LogP contribution < -0.4 is 5.32 Å². The summed E-state index contributed by atoms with van der Waals surface area (Å²) in [6.07, 6.45) is 0.826. The zero-order chi connectivity index (χ0) is 15.6. The van der Waals surface area contributed by atoms with E-state index in [1.165, 1.54) is 17.4 Å². The minimum Gasteiger partial charge on any atom is -0.478 e. The molecule has 0 bridgehead atoms. The predicted octanol–water partition coefficient (Wildman–Crippen LogP) is 3.71. The maximum atomic E-state index is 13.1. The number of thiophene rings is 1. The fourth-order valence-electron chi connectivity index (χ4n) is 1.97. The number of halogens is 1. The van der Waals surface area contributed by atoms with Gasteiger partial charge >= 0.3 is 5.97 Å². The smallest absolute Gasteiger partial charge is 0.337 e. The maximum absolute atomic E-state index is 13.1. The van der Waals surface area contributed by atoms with E-state index in [1.807, 2.05) is 13.8 Å². The van der Waals surface area contributed by atoms with Gasteiger partial charge in [0.05, 0.1) is 16.1 Å². The van der Waals surface area contributed by atoms with Gasteiger partial charge in [0.2, 0.25) is 0 Å². The van der Waals surface area contributed by atoms with Gasteiger partial charge in [-0.15, -0.1) is 11.3 Å². The fraction of sp³-hybridized carbons (Fsp3) is 0.200. The molecule has 2 rings (SSSR count). The first-order valence-corrected chi connectivity index (χ1v) is 7.17. The molecule has 110 valence electrons. The van der Waals surface area contributed by atoms with Gasteiger partial charge in [0.1, 0.15) is 5.82 Å². The second-order valence-corrected chi connectivity index (χ2v) is 5.75. The molecule has 6 heteroatoms. The molecule has 0 unspecified atom stereocenters. The molecule has 0 aliphatic carbocycles. The summed E-state index contributed by atoms with van der Waals surface area (Å²) in [5.74, 6) is -2.34. The van der Waals surface area contributed by atoms with E-state index in [1.54, 1.807) is 6.07 Å². The number of hydrogen-bond acceptors (Lipinski definition) is 3. The van der Waals surface area contributed by atoms with Gasteiger partial charge in [-0.2, -0.15) is 0 Å². The van der Waals surface area contributed by atoms with Gasteiger partial charge < -0.3 is 10.4 Å². The van der Waals surface area contributed by atoms with E-state index in [9.17, 15) is 14.0 Å². The Morgan fingerprint density at radius 2 is 2.05 bits per heavy atom. The van der Waals surface area contributed by atoms with Gasteiger partial charge in [-0.25, -0.2) is 9.18 Å². The van der Waals surface area contributed by atoms with Gasteiger partial charge in [-0.05, 0) is 43.2 Å². The highest BCUT2D eigenvalue weighted by atomic mass is 32.1. The summed E-state index contributed by atoms with van der Waals surface area (Å²) in [5, 5.41) is 11.6. The Bertz CT molecular complexity index is 709. The van der Waals surface area contributed by atoms with E-state index in [-0.39, 0.29) is 11.3 Å². The van der Waals surface area contributed by atoms with Crippen molar-refractivity contribution in [3.63, 3.8) is 0 Å². The van der Waals surface area contributed by atoms with Crippen LogP contribution in [0.2, 0.25) is 0 Å². The molecular weight excluding hydrogens is 293 g/mol. The molecule has 0 radical (unpaired) electrons. The van der Waals surface area contributed by atoms with Crippen LogP contribution in [0.3, 0.4) is 0 Å². The molecule has 1 aromatic heterocycles. The van der Waals surface area contributed by atoms with Crippen LogP contribution >= 0.6 is 11.3 Å². The molecule has 1 amide bonds. The first kappa shape index (κ1) is 15.2. The Balaban J connectivity index is 2.29. The number of carbonyl (C=O) groups is 2. The molecule has 0 aliphatic heterocycles. The third-order valence-electron chi connectivity index (χ3n) is 3.09. The summed E-state index contributed by atoms with van der Waals surface area (Å²) in [6.45, 7) is 3.93. The lowest BCUT2D eigenvalue weighted by molar-refractivity contribution is 0.0697. The molecular formula is C15H14FNO3S. The summed E-state index contributed by atoms with van der Waals surface area (Å²) in [7, 11) is 0. The highest BCUT2D eigenvalue weighted by Gasteiger charge is 2.16. The molecule has 0 saturated carbocycles. The number of carboxylic acids is 1. The number of carbonyl (C=O) groups excluding carboxylic acids is 1. The van der Waals surface area contributed by atoms with E-state index in [4.69, 9.17) is 5.11 Å². The largest absolute Gasteiger partial charge is 0.478 e. The number of hydrogen-bond donors (Lipinski definition) is 2. The van der Waals surface area contributed by atoms with Gasteiger partial charge in [-0.1, -0.05) is 6.92 Å². The quantitative estimate of drug-likeness (QED) is 0.905. The minimum atomic E-state index is -1.29. The molecule has 0 fully saturated rings. The zero-order valence-corrected chi connectivity index (χ0v) is 12.4. The van der Waals surface area contributed by atoms with Crippen molar-refractivity contribution < 1.29 is 19.1 Å². The fourth-order valence-corrected chi connectivity index (χ4v) is 2.98. The molecule has 0 saturated heterocycles. The molecule has 0 spiro atoms. The standard InChI is InChI=1S/C15H14FNO3S/c1-3-9-6-13(21-8(9)2)14(18)17-12-5-4-10(16)7-11(12)15(19)20/h4-7H,3H2,1-2H3,(H,17,18)(H,19,20). The second-order valence-electron chi connectivity index (χ2n) is 4.49. The predicted molar refractivity (Wildman–Crippen MR) is 79.7 cm³/mol. The Morgan fingerprint density at radius 1 is 1.33 bits per heavy atom. The van der Waals surface area contributed by atoms with Crippen molar-refractivity contribution in [2.24, 2.45) is 0 Å². The van der Waals surface area contributed by atoms with Crippen molar-refractivity contribution in [2.75, 3.05) is 5.32 Å². The molecule has 2 N–H and O–H groups in total. The van der Waals surface area contributed by atoms with E-state index < -0.39 is 17.7 Å². The van der Waals surface area contributed by atoms with Crippen molar-refractivity contribution in [2.45, 2.75) is 20.3 Å². The number of nitrogens with one attached hydrogen (secondary N) is 1. The summed E-state index contributed by atoms with van der Waals surface area (Å²) in [4.78, 5) is 24.8. The van der Waals surface area contributed by atoms with Crippen molar-refractivity contribution in [1.29, 1.82) is 0 Å². The molecule has 0 aliphatic rings. The van der Waals surface area contributed by atoms with Gasteiger partial charge in [0, 0.05) is 4.88 Å². The SMILES string of the molecule is CCc1cc(C(=O)Nc2ccc(F)cc2C(=O)O)sc1C. The summed E-state index contributed by atoms with van der Waals surface area (Å²) >= 11 is 1.35. The minimum absolute atomic E-state index is 0.0815. The first-order chi connectivity index (χ1) is 9.92. The first-order valence-electron chi connectivity index (χ1n) is 6.36. The summed E-state index contributed by atoms with van der Waals surface area (Å²) < 4.78 is 13.1. The van der Waals surface area contributed by atoms with Crippen molar-refractivity contribution in [1.82, 2.24) is 0 Å². The topological polar surface area (TPSA) is 66.4 Å². The van der Waals surface area contributed by atoms with Gasteiger partial charge in [0.15, 0.2) is 0 Å². The Labute approximate surface area is 125 Å². The zero-order valence-electron chi connectivity index (χ0n) is 11.6. The molecule has 2 aromatic rings. The maximum Gasteiger partial charge on any atom is 0.337 e. The van der Waals surface area contributed by atoms with Crippen LogP contribution in [0.15, 0.2) is 24.3 Å². The third kappa shape index (κ3) is 3.28. The summed E-state index contributed by atoms with van der Waals surface area (Å²) in [6, 6.07) is 5.03. The number of benzene rings is 1. The van der Waals surface area contributed by atoms with Crippen LogP contribution in [0, 0.1) is 12.7 Å². The molecule has 21 heavy (non-hydrogen) atoms. The second kappa shape index (κ2) is 6.05. The van der Waals surface area contributed by atoms with Gasteiger partial charge in [-0.3, -0.25) is 4.79 Å². The summed E-state index contributed by atoms with van der Waals surface area (Å²) in [5.41, 5.74) is 0.896. The van der Waals surface area contributed by atoms with Crippen LogP contribution in [-0.2, 0) is 6.42 Å². The Kier molecular flexibility index (Phi) is 4.37. The monoisotopic (exact) mass is 307 g/mol. The highest BCUT2D eigenvalue weighted by molar-refractivity contribution is 7.14. The number of aryl methyl sites for hydroxylation is 2. The number of aromatic carboxylic acids is 1. The van der Waals surface area contributed by atoms with Gasteiger partial charge in [0.25, 0.3) is 5.91 Å². The average Bonchev–Trinajstić information content (AvgIpc) is 2.81. The van der Waals surface area contributed by atoms with E-state index in [0.717, 1.165) is 29.0 Å². The van der Waals surface area contributed by atoms with Crippen molar-refractivity contribution in [3.8, 4) is 0 Å². The number of anilines is 1. The van der Waals surface area contributed by atoms with Crippen LogP contribution in [0.25, 0.3) is 0 Å². The number of rotatable bonds is 4. The average molecular weight is 307 g/mol. The van der Waals surface area contributed by atoms with Crippen LogP contribution in [0.1, 0.15) is 37.4 Å². The lowest BCUT2D eigenvalue weighted by atomic mass is 10.1.